The largest absolute Gasteiger partial charge is 0.373 e. The molecule has 0 fully saturated rings. The Morgan fingerprint density at radius 2 is 1.41 bits per heavy atom. The fraction of sp³-hybridized carbons (Fsp3) is 0.222. The molecule has 5 rings (SSSR count). The van der Waals surface area contributed by atoms with Crippen molar-refractivity contribution < 1.29 is 14.4 Å². The van der Waals surface area contributed by atoms with Gasteiger partial charge in [0, 0.05) is 28.7 Å². The van der Waals surface area contributed by atoms with E-state index < -0.39 is 0 Å². The highest BCUT2D eigenvalue weighted by atomic mass is 16.2. The van der Waals surface area contributed by atoms with E-state index in [1.165, 1.54) is 33.5 Å². The molecule has 5 nitrogen and oxygen atoms in total. The molecule has 5 aromatic rings. The fourth-order valence-corrected chi connectivity index (χ4v) is 5.16. The van der Waals surface area contributed by atoms with Gasteiger partial charge in [-0.2, -0.15) is 9.59 Å². The number of fused-ring (bicyclic) bond motifs is 1. The van der Waals surface area contributed by atoms with Gasteiger partial charge in [-0.25, -0.2) is 0 Å². The van der Waals surface area contributed by atoms with Crippen molar-refractivity contribution in [1.82, 2.24) is 9.88 Å². The summed E-state index contributed by atoms with van der Waals surface area (Å²) in [6, 6.07) is 33.8. The molecule has 208 valence electrons. The Hall–Kier alpha value is -4.73. The number of hydrogen-bond acceptors (Lipinski definition) is 3. The SMILES string of the molecule is Cc1c(C)n(Cc2ccc(-c3ccccc3)cc2)c2ccc(C(=O)N[C@H](C)c3cccc(C(C)C)c3)cc12.O=C=O. The topological polar surface area (TPSA) is 68.2 Å². The van der Waals surface area contributed by atoms with Crippen molar-refractivity contribution in [2.75, 3.05) is 0 Å². The van der Waals surface area contributed by atoms with Gasteiger partial charge in [-0.3, -0.25) is 4.79 Å². The summed E-state index contributed by atoms with van der Waals surface area (Å²) in [6.45, 7) is 11.5. The molecule has 0 bridgehead atoms. The van der Waals surface area contributed by atoms with E-state index in [2.05, 4.69) is 116 Å². The van der Waals surface area contributed by atoms with Crippen LogP contribution in [0.5, 0.6) is 0 Å². The normalized spacial score (nSPS) is 11.5. The van der Waals surface area contributed by atoms with Crippen molar-refractivity contribution >= 4 is 23.0 Å². The number of carbonyl (C=O) groups excluding carboxylic acids is 3. The van der Waals surface area contributed by atoms with Gasteiger partial charge in [0.15, 0.2) is 0 Å². The third kappa shape index (κ3) is 6.71. The Labute approximate surface area is 241 Å². The van der Waals surface area contributed by atoms with Crippen LogP contribution in [-0.2, 0) is 16.1 Å². The molecule has 1 aromatic heterocycles. The maximum atomic E-state index is 13.2. The fourth-order valence-electron chi connectivity index (χ4n) is 5.16. The molecule has 1 N–H and O–H groups in total. The van der Waals surface area contributed by atoms with Gasteiger partial charge in [-0.1, -0.05) is 92.7 Å². The Kier molecular flexibility index (Phi) is 9.34. The molecule has 0 radical (unpaired) electrons. The minimum atomic E-state index is -0.0665. The van der Waals surface area contributed by atoms with Crippen molar-refractivity contribution in [2.45, 2.75) is 53.1 Å². The zero-order valence-electron chi connectivity index (χ0n) is 24.3. The van der Waals surface area contributed by atoms with Gasteiger partial charge in [-0.15, -0.1) is 0 Å². The van der Waals surface area contributed by atoms with E-state index >= 15 is 0 Å². The number of nitrogens with zero attached hydrogens (tertiary/aromatic N) is 1. The van der Waals surface area contributed by atoms with Gasteiger partial charge in [0.25, 0.3) is 5.91 Å². The second kappa shape index (κ2) is 13.1. The lowest BCUT2D eigenvalue weighted by Crippen LogP contribution is -2.26. The van der Waals surface area contributed by atoms with Gasteiger partial charge in [-0.05, 0) is 78.3 Å². The molecule has 0 spiro atoms. The average molecular weight is 545 g/mol. The van der Waals surface area contributed by atoms with Crippen LogP contribution in [0.25, 0.3) is 22.0 Å². The molecule has 0 aliphatic carbocycles. The number of amides is 1. The smallest absolute Gasteiger partial charge is 0.346 e. The minimum absolute atomic E-state index is 0.0457. The third-order valence-corrected chi connectivity index (χ3v) is 7.73. The number of rotatable bonds is 7. The first-order valence-corrected chi connectivity index (χ1v) is 13.9. The van der Waals surface area contributed by atoms with E-state index in [4.69, 9.17) is 9.59 Å². The average Bonchev–Trinajstić information content (AvgIpc) is 3.22. The molecule has 0 saturated heterocycles. The molecule has 0 aliphatic heterocycles. The predicted octanol–water partition coefficient (Wildman–Crippen LogP) is 8.00. The standard InChI is InChI=1S/C35H36N2O.CO2/c1-23(2)30-12-9-13-31(20-30)25(4)36-35(38)32-18-19-34-33(21-32)24(3)26(5)37(34)22-27-14-16-29(17-15-27)28-10-7-6-8-11-28;2-1-3/h6-21,23,25H,22H2,1-5H3,(H,36,38);/t25-;/m1./s1. The molecule has 4 aromatic carbocycles. The highest BCUT2D eigenvalue weighted by Crippen LogP contribution is 2.28. The first kappa shape index (κ1) is 29.3. The van der Waals surface area contributed by atoms with Gasteiger partial charge >= 0.3 is 6.15 Å². The van der Waals surface area contributed by atoms with Crippen LogP contribution in [0.2, 0.25) is 0 Å². The summed E-state index contributed by atoms with van der Waals surface area (Å²) in [5.74, 6) is 0.410. The zero-order chi connectivity index (χ0) is 29.5. The molecule has 1 amide bonds. The summed E-state index contributed by atoms with van der Waals surface area (Å²) in [6.07, 6.45) is 0.250. The Balaban J connectivity index is 0.00000124. The van der Waals surface area contributed by atoms with Crippen LogP contribution in [0.4, 0.5) is 0 Å². The van der Waals surface area contributed by atoms with E-state index in [0.29, 0.717) is 11.5 Å². The van der Waals surface area contributed by atoms with Crippen LogP contribution < -0.4 is 5.32 Å². The summed E-state index contributed by atoms with van der Waals surface area (Å²) in [4.78, 5) is 29.5. The van der Waals surface area contributed by atoms with Crippen LogP contribution in [0, 0.1) is 13.8 Å². The third-order valence-electron chi connectivity index (χ3n) is 7.73. The number of aryl methyl sites for hydroxylation is 1. The molecular weight excluding hydrogens is 508 g/mol. The molecule has 0 saturated carbocycles. The van der Waals surface area contributed by atoms with E-state index in [-0.39, 0.29) is 18.1 Å². The maximum Gasteiger partial charge on any atom is 0.373 e. The van der Waals surface area contributed by atoms with Gasteiger partial charge < -0.3 is 9.88 Å². The number of carbonyl (C=O) groups is 1. The first-order valence-electron chi connectivity index (χ1n) is 13.9. The van der Waals surface area contributed by atoms with Crippen molar-refractivity contribution in [2.24, 2.45) is 0 Å². The van der Waals surface area contributed by atoms with Crippen LogP contribution in [0.1, 0.15) is 71.0 Å². The van der Waals surface area contributed by atoms with E-state index in [9.17, 15) is 4.79 Å². The summed E-state index contributed by atoms with van der Waals surface area (Å²) < 4.78 is 2.35. The second-order valence-corrected chi connectivity index (χ2v) is 10.7. The van der Waals surface area contributed by atoms with Gasteiger partial charge in [0.2, 0.25) is 0 Å². The second-order valence-electron chi connectivity index (χ2n) is 10.7. The van der Waals surface area contributed by atoms with Crippen molar-refractivity contribution in [1.29, 1.82) is 0 Å². The monoisotopic (exact) mass is 544 g/mol. The minimum Gasteiger partial charge on any atom is -0.346 e. The Morgan fingerprint density at radius 3 is 2.07 bits per heavy atom. The van der Waals surface area contributed by atoms with Crippen LogP contribution >= 0.6 is 0 Å². The van der Waals surface area contributed by atoms with Crippen molar-refractivity contribution in [3.63, 3.8) is 0 Å². The molecule has 1 atom stereocenters. The number of benzene rings is 4. The lowest BCUT2D eigenvalue weighted by Gasteiger charge is -2.16. The molecule has 1 heterocycles. The lowest BCUT2D eigenvalue weighted by molar-refractivity contribution is -0.191. The summed E-state index contributed by atoms with van der Waals surface area (Å²) in [7, 11) is 0. The Bertz CT molecular complexity index is 1680. The lowest BCUT2D eigenvalue weighted by atomic mass is 9.98. The van der Waals surface area contributed by atoms with Crippen LogP contribution in [0.3, 0.4) is 0 Å². The highest BCUT2D eigenvalue weighted by Gasteiger charge is 2.16. The molecule has 41 heavy (non-hydrogen) atoms. The highest BCUT2D eigenvalue weighted by molar-refractivity contribution is 5.99. The van der Waals surface area contributed by atoms with Crippen LogP contribution in [0.15, 0.2) is 97.1 Å². The van der Waals surface area contributed by atoms with Crippen molar-refractivity contribution in [3.8, 4) is 11.1 Å². The van der Waals surface area contributed by atoms with E-state index in [0.717, 1.165) is 23.0 Å². The van der Waals surface area contributed by atoms with Gasteiger partial charge in [0.1, 0.15) is 0 Å². The molecular formula is C36H36N2O3. The molecule has 5 heteroatoms. The molecule has 0 unspecified atom stereocenters. The Morgan fingerprint density at radius 1 is 0.780 bits per heavy atom. The van der Waals surface area contributed by atoms with Gasteiger partial charge in [0.05, 0.1) is 6.04 Å². The number of aromatic nitrogens is 1. The van der Waals surface area contributed by atoms with Crippen molar-refractivity contribution in [3.05, 3.63) is 131 Å². The first-order chi connectivity index (χ1) is 19.7. The van der Waals surface area contributed by atoms with E-state index in [1.807, 2.05) is 25.1 Å². The molecule has 0 aliphatic rings. The number of nitrogens with one attached hydrogen (secondary N) is 1. The maximum absolute atomic E-state index is 13.2. The summed E-state index contributed by atoms with van der Waals surface area (Å²) >= 11 is 0. The number of hydrogen-bond donors (Lipinski definition) is 1. The summed E-state index contributed by atoms with van der Waals surface area (Å²) in [5, 5.41) is 4.33. The predicted molar refractivity (Wildman–Crippen MR) is 164 cm³/mol. The quantitative estimate of drug-likeness (QED) is 0.226. The summed E-state index contributed by atoms with van der Waals surface area (Å²) in [5.41, 5.74) is 10.4. The van der Waals surface area contributed by atoms with E-state index in [1.54, 1.807) is 0 Å². The van der Waals surface area contributed by atoms with Crippen LogP contribution in [-0.4, -0.2) is 16.6 Å². The zero-order valence-corrected chi connectivity index (χ0v) is 24.3.